The maximum Gasteiger partial charge on any atom is 0.272 e. The van der Waals surface area contributed by atoms with Crippen LogP contribution in [0.15, 0.2) is 54.7 Å². The van der Waals surface area contributed by atoms with Gasteiger partial charge in [0.2, 0.25) is 0 Å². The van der Waals surface area contributed by atoms with Crippen molar-refractivity contribution in [1.29, 1.82) is 0 Å². The van der Waals surface area contributed by atoms with Crippen molar-refractivity contribution in [2.24, 2.45) is 0 Å². The standard InChI is InChI=1S/C16H18N2O2/c1-18(16(20)14-9-5-6-11-17-14)15(10-12-19)13-7-3-2-4-8-13/h2-9,11,15,19H,10,12H2,1H3. The quantitative estimate of drug-likeness (QED) is 0.906. The van der Waals surface area contributed by atoms with Gasteiger partial charge in [-0.3, -0.25) is 9.78 Å². The number of carbonyl (C=O) groups excluding carboxylic acids is 1. The first-order valence-corrected chi connectivity index (χ1v) is 6.58. The van der Waals surface area contributed by atoms with Crippen LogP contribution < -0.4 is 0 Å². The Kier molecular flexibility index (Phi) is 4.85. The molecule has 4 nitrogen and oxygen atoms in total. The second-order valence-corrected chi connectivity index (χ2v) is 4.57. The highest BCUT2D eigenvalue weighted by molar-refractivity contribution is 5.92. The van der Waals surface area contributed by atoms with Crippen molar-refractivity contribution >= 4 is 5.91 Å². The van der Waals surface area contributed by atoms with Gasteiger partial charge in [-0.05, 0) is 24.1 Å². The summed E-state index contributed by atoms with van der Waals surface area (Å²) < 4.78 is 0. The summed E-state index contributed by atoms with van der Waals surface area (Å²) in [6.07, 6.45) is 2.10. The van der Waals surface area contributed by atoms with Gasteiger partial charge in [0.05, 0.1) is 6.04 Å². The van der Waals surface area contributed by atoms with Crippen LogP contribution in [0.4, 0.5) is 0 Å². The van der Waals surface area contributed by atoms with E-state index in [1.165, 1.54) is 0 Å². The number of rotatable bonds is 5. The second kappa shape index (κ2) is 6.82. The Bertz CT molecular complexity index is 543. The summed E-state index contributed by atoms with van der Waals surface area (Å²) in [7, 11) is 1.74. The van der Waals surface area contributed by atoms with E-state index in [1.807, 2.05) is 30.3 Å². The van der Waals surface area contributed by atoms with Crippen LogP contribution >= 0.6 is 0 Å². The smallest absolute Gasteiger partial charge is 0.272 e. The molecule has 0 saturated heterocycles. The number of nitrogens with zero attached hydrogens (tertiary/aromatic N) is 2. The van der Waals surface area contributed by atoms with Gasteiger partial charge in [0.15, 0.2) is 0 Å². The first-order chi connectivity index (χ1) is 9.74. The lowest BCUT2D eigenvalue weighted by molar-refractivity contribution is 0.0699. The Hall–Kier alpha value is -2.20. The summed E-state index contributed by atoms with van der Waals surface area (Å²) in [4.78, 5) is 18.1. The first kappa shape index (κ1) is 14.2. The molecule has 0 fully saturated rings. The Morgan fingerprint density at radius 1 is 1.20 bits per heavy atom. The molecule has 2 rings (SSSR count). The third kappa shape index (κ3) is 3.22. The average molecular weight is 270 g/mol. The molecule has 1 aromatic carbocycles. The topological polar surface area (TPSA) is 53.4 Å². The van der Waals surface area contributed by atoms with Gasteiger partial charge in [0.25, 0.3) is 5.91 Å². The molecule has 0 spiro atoms. The van der Waals surface area contributed by atoms with Gasteiger partial charge < -0.3 is 10.0 Å². The molecule has 1 N–H and O–H groups in total. The fourth-order valence-electron chi connectivity index (χ4n) is 2.19. The van der Waals surface area contributed by atoms with E-state index in [9.17, 15) is 9.90 Å². The van der Waals surface area contributed by atoms with Crippen LogP contribution in [0.3, 0.4) is 0 Å². The van der Waals surface area contributed by atoms with Crippen LogP contribution in [0.5, 0.6) is 0 Å². The van der Waals surface area contributed by atoms with Crippen LogP contribution in [-0.2, 0) is 0 Å². The number of aliphatic hydroxyl groups is 1. The number of pyridine rings is 1. The number of hydrogen-bond donors (Lipinski definition) is 1. The first-order valence-electron chi connectivity index (χ1n) is 6.58. The van der Waals surface area contributed by atoms with Crippen LogP contribution in [0.1, 0.15) is 28.5 Å². The molecule has 0 aliphatic heterocycles. The number of aliphatic hydroxyl groups excluding tert-OH is 1. The largest absolute Gasteiger partial charge is 0.396 e. The highest BCUT2D eigenvalue weighted by Gasteiger charge is 2.22. The van der Waals surface area contributed by atoms with E-state index < -0.39 is 0 Å². The Balaban J connectivity index is 2.23. The number of amides is 1. The molecule has 1 aromatic heterocycles. The van der Waals surface area contributed by atoms with Gasteiger partial charge in [-0.1, -0.05) is 36.4 Å². The normalized spacial score (nSPS) is 11.9. The lowest BCUT2D eigenvalue weighted by Gasteiger charge is -2.28. The number of hydrogen-bond acceptors (Lipinski definition) is 3. The molecular formula is C16H18N2O2. The van der Waals surface area contributed by atoms with Crippen molar-refractivity contribution in [1.82, 2.24) is 9.88 Å². The lowest BCUT2D eigenvalue weighted by Crippen LogP contribution is -2.32. The molecule has 0 aliphatic carbocycles. The van der Waals surface area contributed by atoms with Crippen LogP contribution in [-0.4, -0.2) is 34.6 Å². The summed E-state index contributed by atoms with van der Waals surface area (Å²) >= 11 is 0. The zero-order chi connectivity index (χ0) is 14.4. The van der Waals surface area contributed by atoms with Crippen LogP contribution in [0, 0.1) is 0 Å². The highest BCUT2D eigenvalue weighted by Crippen LogP contribution is 2.23. The highest BCUT2D eigenvalue weighted by atomic mass is 16.3. The fourth-order valence-corrected chi connectivity index (χ4v) is 2.19. The molecule has 1 unspecified atom stereocenters. The number of aromatic nitrogens is 1. The summed E-state index contributed by atoms with van der Waals surface area (Å²) in [5, 5.41) is 9.25. The predicted octanol–water partition coefficient (Wildman–Crippen LogP) is 2.28. The van der Waals surface area contributed by atoms with Gasteiger partial charge in [-0.15, -0.1) is 0 Å². The molecule has 4 heteroatoms. The summed E-state index contributed by atoms with van der Waals surface area (Å²) in [5.74, 6) is -0.145. The van der Waals surface area contributed by atoms with Crippen molar-refractivity contribution in [3.8, 4) is 0 Å². The van der Waals surface area contributed by atoms with E-state index in [0.717, 1.165) is 5.56 Å². The predicted molar refractivity (Wildman–Crippen MR) is 77.2 cm³/mol. The minimum absolute atomic E-state index is 0.0272. The van der Waals surface area contributed by atoms with Crippen molar-refractivity contribution in [2.45, 2.75) is 12.5 Å². The molecular weight excluding hydrogens is 252 g/mol. The van der Waals surface area contributed by atoms with E-state index in [0.29, 0.717) is 12.1 Å². The van der Waals surface area contributed by atoms with E-state index in [2.05, 4.69) is 4.98 Å². The Morgan fingerprint density at radius 2 is 1.90 bits per heavy atom. The van der Waals surface area contributed by atoms with Crippen molar-refractivity contribution in [3.05, 3.63) is 66.0 Å². The third-order valence-electron chi connectivity index (χ3n) is 3.26. The molecule has 0 radical (unpaired) electrons. The molecule has 0 bridgehead atoms. The molecule has 1 atom stereocenters. The van der Waals surface area contributed by atoms with Gasteiger partial charge in [-0.25, -0.2) is 0 Å². The van der Waals surface area contributed by atoms with E-state index in [4.69, 9.17) is 0 Å². The summed E-state index contributed by atoms with van der Waals surface area (Å²) in [6.45, 7) is 0.0272. The number of carbonyl (C=O) groups is 1. The van der Waals surface area contributed by atoms with Gasteiger partial charge in [0, 0.05) is 19.9 Å². The molecule has 20 heavy (non-hydrogen) atoms. The Labute approximate surface area is 118 Å². The van der Waals surface area contributed by atoms with E-state index in [1.54, 1.807) is 36.3 Å². The van der Waals surface area contributed by atoms with Crippen molar-refractivity contribution in [3.63, 3.8) is 0 Å². The zero-order valence-electron chi connectivity index (χ0n) is 11.4. The molecule has 1 amide bonds. The van der Waals surface area contributed by atoms with Gasteiger partial charge >= 0.3 is 0 Å². The monoisotopic (exact) mass is 270 g/mol. The zero-order valence-corrected chi connectivity index (χ0v) is 11.4. The van der Waals surface area contributed by atoms with Crippen LogP contribution in [0.2, 0.25) is 0 Å². The minimum atomic E-state index is -0.157. The molecule has 1 heterocycles. The summed E-state index contributed by atoms with van der Waals surface area (Å²) in [5.41, 5.74) is 1.42. The van der Waals surface area contributed by atoms with Crippen molar-refractivity contribution < 1.29 is 9.90 Å². The minimum Gasteiger partial charge on any atom is -0.396 e. The second-order valence-electron chi connectivity index (χ2n) is 4.57. The average Bonchev–Trinajstić information content (AvgIpc) is 2.53. The maximum absolute atomic E-state index is 12.4. The number of benzene rings is 1. The molecule has 104 valence electrons. The van der Waals surface area contributed by atoms with Crippen molar-refractivity contribution in [2.75, 3.05) is 13.7 Å². The van der Waals surface area contributed by atoms with Crippen LogP contribution in [0.25, 0.3) is 0 Å². The maximum atomic E-state index is 12.4. The van der Waals surface area contributed by atoms with E-state index in [-0.39, 0.29) is 18.6 Å². The Morgan fingerprint density at radius 3 is 2.50 bits per heavy atom. The molecule has 0 aliphatic rings. The van der Waals surface area contributed by atoms with Gasteiger partial charge in [-0.2, -0.15) is 0 Å². The third-order valence-corrected chi connectivity index (χ3v) is 3.26. The summed E-state index contributed by atoms with van der Waals surface area (Å²) in [6, 6.07) is 14.8. The van der Waals surface area contributed by atoms with E-state index >= 15 is 0 Å². The SMILES string of the molecule is CN(C(=O)c1ccccn1)C(CCO)c1ccccc1. The fraction of sp³-hybridized carbons (Fsp3) is 0.250. The molecule has 0 saturated carbocycles. The molecule has 2 aromatic rings. The van der Waals surface area contributed by atoms with Gasteiger partial charge in [0.1, 0.15) is 5.69 Å². The lowest BCUT2D eigenvalue weighted by atomic mass is 10.0.